The maximum absolute atomic E-state index is 3.63. The molecule has 1 fully saturated rings. The summed E-state index contributed by atoms with van der Waals surface area (Å²) in [6.07, 6.45) is 3.87. The molecule has 0 amide bonds. The highest BCUT2D eigenvalue weighted by Gasteiger charge is 2.44. The van der Waals surface area contributed by atoms with E-state index in [-0.39, 0.29) is 0 Å². The summed E-state index contributed by atoms with van der Waals surface area (Å²) in [6, 6.07) is 6.71. The summed E-state index contributed by atoms with van der Waals surface area (Å²) < 4.78 is 0. The summed E-state index contributed by atoms with van der Waals surface area (Å²) >= 11 is 0. The summed E-state index contributed by atoms with van der Waals surface area (Å²) in [7, 11) is 0. The van der Waals surface area contributed by atoms with Gasteiger partial charge in [-0.05, 0) is 48.3 Å². The quantitative estimate of drug-likeness (QED) is 0.850. The van der Waals surface area contributed by atoms with Crippen molar-refractivity contribution in [1.29, 1.82) is 0 Å². The molecule has 1 aromatic rings. The zero-order valence-corrected chi connectivity index (χ0v) is 11.6. The lowest BCUT2D eigenvalue weighted by Crippen LogP contribution is -2.21. The second kappa shape index (κ2) is 4.58. The predicted molar refractivity (Wildman–Crippen MR) is 76.8 cm³/mol. The number of hydrogen-bond acceptors (Lipinski definition) is 2. The molecule has 1 unspecified atom stereocenters. The fourth-order valence-electron chi connectivity index (χ4n) is 3.03. The molecule has 2 nitrogen and oxygen atoms in total. The highest BCUT2D eigenvalue weighted by atomic mass is 14.9. The largest absolute Gasteiger partial charge is 0.385 e. The first-order chi connectivity index (χ1) is 8.67. The number of rotatable bonds is 4. The monoisotopic (exact) mass is 244 g/mol. The van der Waals surface area contributed by atoms with Gasteiger partial charge in [0.15, 0.2) is 0 Å². The standard InChI is InChI=1S/C16H24N2/c1-16(2)9-14(16)11-17-10-13-6-3-5-12-7-4-8-18-15(12)13/h3,5-6,14,17-18H,4,7-11H2,1-2H3. The molecule has 2 N–H and O–H groups in total. The van der Waals surface area contributed by atoms with Crippen LogP contribution in [0.1, 0.15) is 37.8 Å². The number of aryl methyl sites for hydroxylation is 1. The fourth-order valence-corrected chi connectivity index (χ4v) is 3.03. The van der Waals surface area contributed by atoms with Crippen LogP contribution in [0.5, 0.6) is 0 Å². The van der Waals surface area contributed by atoms with Crippen molar-refractivity contribution in [3.8, 4) is 0 Å². The zero-order valence-electron chi connectivity index (χ0n) is 11.6. The molecule has 1 aliphatic carbocycles. The molecule has 1 aromatic carbocycles. The number of hydrogen-bond donors (Lipinski definition) is 2. The van der Waals surface area contributed by atoms with Gasteiger partial charge in [-0.25, -0.2) is 0 Å². The van der Waals surface area contributed by atoms with Gasteiger partial charge in [-0.3, -0.25) is 0 Å². The van der Waals surface area contributed by atoms with Crippen molar-refractivity contribution in [2.75, 3.05) is 18.4 Å². The molecular formula is C16H24N2. The van der Waals surface area contributed by atoms with Gasteiger partial charge in [-0.2, -0.15) is 0 Å². The van der Waals surface area contributed by atoms with Crippen LogP contribution in [0.3, 0.4) is 0 Å². The average molecular weight is 244 g/mol. The van der Waals surface area contributed by atoms with Crippen molar-refractivity contribution in [2.24, 2.45) is 11.3 Å². The Morgan fingerprint density at radius 2 is 2.22 bits per heavy atom. The van der Waals surface area contributed by atoms with Gasteiger partial charge in [0.2, 0.25) is 0 Å². The number of fused-ring (bicyclic) bond motifs is 1. The van der Waals surface area contributed by atoms with E-state index in [0.717, 1.165) is 25.6 Å². The van der Waals surface area contributed by atoms with Crippen molar-refractivity contribution in [1.82, 2.24) is 5.32 Å². The summed E-state index contributed by atoms with van der Waals surface area (Å²) in [5, 5.41) is 7.19. The number of benzene rings is 1. The van der Waals surface area contributed by atoms with Gasteiger partial charge in [0.1, 0.15) is 0 Å². The Morgan fingerprint density at radius 3 is 3.00 bits per heavy atom. The van der Waals surface area contributed by atoms with Crippen LogP contribution in [0.15, 0.2) is 18.2 Å². The second-order valence-electron chi connectivity index (χ2n) is 6.50. The number of anilines is 1. The van der Waals surface area contributed by atoms with E-state index >= 15 is 0 Å². The van der Waals surface area contributed by atoms with Crippen molar-refractivity contribution < 1.29 is 0 Å². The Hall–Kier alpha value is -1.02. The first-order valence-corrected chi connectivity index (χ1v) is 7.22. The number of para-hydroxylation sites is 1. The molecule has 0 bridgehead atoms. The molecule has 2 aliphatic rings. The molecule has 0 aromatic heterocycles. The molecule has 1 saturated carbocycles. The SMILES string of the molecule is CC1(C)CC1CNCc1cccc2c1NCCC2. The molecule has 1 atom stereocenters. The molecule has 3 rings (SSSR count). The first kappa shape index (κ1) is 12.0. The molecule has 0 saturated heterocycles. The van der Waals surface area contributed by atoms with E-state index < -0.39 is 0 Å². The third-order valence-electron chi connectivity index (χ3n) is 4.59. The summed E-state index contributed by atoms with van der Waals surface area (Å²) in [4.78, 5) is 0. The van der Waals surface area contributed by atoms with Gasteiger partial charge >= 0.3 is 0 Å². The third kappa shape index (κ3) is 2.39. The molecule has 18 heavy (non-hydrogen) atoms. The predicted octanol–water partition coefficient (Wildman–Crippen LogP) is 3.18. The van der Waals surface area contributed by atoms with Crippen LogP contribution < -0.4 is 10.6 Å². The average Bonchev–Trinajstić information content (AvgIpc) is 2.97. The molecule has 1 aliphatic heterocycles. The van der Waals surface area contributed by atoms with Gasteiger partial charge < -0.3 is 10.6 Å². The molecule has 2 heteroatoms. The van der Waals surface area contributed by atoms with Gasteiger partial charge in [0, 0.05) is 18.8 Å². The third-order valence-corrected chi connectivity index (χ3v) is 4.59. The van der Waals surface area contributed by atoms with Crippen molar-refractivity contribution in [3.05, 3.63) is 29.3 Å². The van der Waals surface area contributed by atoms with Crippen LogP contribution in [0.25, 0.3) is 0 Å². The molecule has 98 valence electrons. The van der Waals surface area contributed by atoms with Crippen molar-refractivity contribution >= 4 is 5.69 Å². The Kier molecular flexibility index (Phi) is 3.06. The van der Waals surface area contributed by atoms with Crippen LogP contribution in [-0.4, -0.2) is 13.1 Å². The Bertz CT molecular complexity index is 437. The van der Waals surface area contributed by atoms with Gasteiger partial charge in [0.25, 0.3) is 0 Å². The molecular weight excluding hydrogens is 220 g/mol. The topological polar surface area (TPSA) is 24.1 Å². The smallest absolute Gasteiger partial charge is 0.0418 e. The van der Waals surface area contributed by atoms with Gasteiger partial charge in [-0.15, -0.1) is 0 Å². The van der Waals surface area contributed by atoms with E-state index in [2.05, 4.69) is 42.7 Å². The van der Waals surface area contributed by atoms with Crippen LogP contribution in [0, 0.1) is 11.3 Å². The fraction of sp³-hybridized carbons (Fsp3) is 0.625. The van der Waals surface area contributed by atoms with Crippen LogP contribution >= 0.6 is 0 Å². The number of nitrogens with one attached hydrogen (secondary N) is 2. The van der Waals surface area contributed by atoms with Crippen molar-refractivity contribution in [3.63, 3.8) is 0 Å². The maximum atomic E-state index is 3.63. The lowest BCUT2D eigenvalue weighted by Gasteiger charge is -2.21. The van der Waals surface area contributed by atoms with Crippen LogP contribution in [0.2, 0.25) is 0 Å². The normalized spacial score (nSPS) is 24.2. The lowest BCUT2D eigenvalue weighted by atomic mass is 9.99. The highest BCUT2D eigenvalue weighted by molar-refractivity contribution is 5.59. The first-order valence-electron chi connectivity index (χ1n) is 7.22. The lowest BCUT2D eigenvalue weighted by molar-refractivity contribution is 0.519. The highest BCUT2D eigenvalue weighted by Crippen LogP contribution is 2.51. The minimum Gasteiger partial charge on any atom is -0.385 e. The summed E-state index contributed by atoms with van der Waals surface area (Å²) in [6.45, 7) is 8.02. The van der Waals surface area contributed by atoms with E-state index in [1.54, 1.807) is 0 Å². The minimum absolute atomic E-state index is 0.585. The van der Waals surface area contributed by atoms with E-state index in [4.69, 9.17) is 0 Å². The van der Waals surface area contributed by atoms with Crippen molar-refractivity contribution in [2.45, 2.75) is 39.7 Å². The van der Waals surface area contributed by atoms with E-state index in [1.165, 1.54) is 36.1 Å². The maximum Gasteiger partial charge on any atom is 0.0418 e. The zero-order chi connectivity index (χ0) is 12.6. The minimum atomic E-state index is 0.585. The van der Waals surface area contributed by atoms with E-state index in [0.29, 0.717) is 5.41 Å². The summed E-state index contributed by atoms with van der Waals surface area (Å²) in [5.41, 5.74) is 4.91. The molecule has 0 radical (unpaired) electrons. The Morgan fingerprint density at radius 1 is 1.39 bits per heavy atom. The molecule has 0 spiro atoms. The second-order valence-corrected chi connectivity index (χ2v) is 6.50. The van der Waals surface area contributed by atoms with E-state index in [1.807, 2.05) is 0 Å². The van der Waals surface area contributed by atoms with E-state index in [9.17, 15) is 0 Å². The van der Waals surface area contributed by atoms with Gasteiger partial charge in [-0.1, -0.05) is 32.0 Å². The van der Waals surface area contributed by atoms with Crippen LogP contribution in [-0.2, 0) is 13.0 Å². The molecule has 1 heterocycles. The van der Waals surface area contributed by atoms with Crippen LogP contribution in [0.4, 0.5) is 5.69 Å². The summed E-state index contributed by atoms with van der Waals surface area (Å²) in [5.74, 6) is 0.880. The van der Waals surface area contributed by atoms with Gasteiger partial charge in [0.05, 0.1) is 0 Å². The Labute approximate surface area is 110 Å². The Balaban J connectivity index is 1.59.